The van der Waals surface area contributed by atoms with Crippen molar-refractivity contribution in [2.45, 2.75) is 13.8 Å². The summed E-state index contributed by atoms with van der Waals surface area (Å²) in [6.07, 6.45) is 1.61. The molecule has 2 rings (SSSR count). The van der Waals surface area contributed by atoms with Gasteiger partial charge in [0.15, 0.2) is 0 Å². The van der Waals surface area contributed by atoms with Gasteiger partial charge in [-0.3, -0.25) is 9.59 Å². The SMILES string of the molecule is CCOc1cc(NC(=O)c2ccc(OC)cc2)c(OCC)cc1NC(=O)C=CC(=O)O. The molecule has 164 valence electrons. The van der Waals surface area contributed by atoms with Gasteiger partial charge in [-0.2, -0.15) is 0 Å². The number of carboxylic acid groups (broad SMARTS) is 1. The summed E-state index contributed by atoms with van der Waals surface area (Å²) in [6.45, 7) is 4.15. The molecule has 9 nitrogen and oxygen atoms in total. The van der Waals surface area contributed by atoms with Crippen LogP contribution in [-0.2, 0) is 9.59 Å². The van der Waals surface area contributed by atoms with Gasteiger partial charge in [0.05, 0.1) is 31.7 Å². The highest BCUT2D eigenvalue weighted by Gasteiger charge is 2.16. The Morgan fingerprint density at radius 3 is 1.94 bits per heavy atom. The first-order chi connectivity index (χ1) is 14.9. The van der Waals surface area contributed by atoms with E-state index in [1.807, 2.05) is 0 Å². The van der Waals surface area contributed by atoms with Crippen LogP contribution >= 0.6 is 0 Å². The van der Waals surface area contributed by atoms with E-state index in [9.17, 15) is 14.4 Å². The van der Waals surface area contributed by atoms with E-state index in [0.717, 1.165) is 12.2 Å². The van der Waals surface area contributed by atoms with Gasteiger partial charge >= 0.3 is 5.97 Å². The number of carbonyl (C=O) groups excluding carboxylic acids is 2. The number of amides is 2. The Morgan fingerprint density at radius 2 is 1.45 bits per heavy atom. The minimum atomic E-state index is -1.24. The van der Waals surface area contributed by atoms with Crippen LogP contribution in [0.15, 0.2) is 48.6 Å². The number of benzene rings is 2. The van der Waals surface area contributed by atoms with E-state index in [4.69, 9.17) is 19.3 Å². The molecule has 0 saturated carbocycles. The number of methoxy groups -OCH3 is 1. The van der Waals surface area contributed by atoms with Crippen molar-refractivity contribution in [1.29, 1.82) is 0 Å². The lowest BCUT2D eigenvalue weighted by molar-refractivity contribution is -0.131. The van der Waals surface area contributed by atoms with Crippen LogP contribution in [0, 0.1) is 0 Å². The predicted octanol–water partition coefficient (Wildman–Crippen LogP) is 3.32. The molecular weight excluding hydrogens is 404 g/mol. The van der Waals surface area contributed by atoms with Crippen molar-refractivity contribution in [2.24, 2.45) is 0 Å². The summed E-state index contributed by atoms with van der Waals surface area (Å²) < 4.78 is 16.3. The van der Waals surface area contributed by atoms with Gasteiger partial charge in [-0.25, -0.2) is 4.79 Å². The van der Waals surface area contributed by atoms with Crippen molar-refractivity contribution in [3.8, 4) is 17.2 Å². The van der Waals surface area contributed by atoms with Gasteiger partial charge in [0.25, 0.3) is 5.91 Å². The van der Waals surface area contributed by atoms with Crippen molar-refractivity contribution >= 4 is 29.2 Å². The number of hydrogen-bond donors (Lipinski definition) is 3. The monoisotopic (exact) mass is 428 g/mol. The molecule has 9 heteroatoms. The van der Waals surface area contributed by atoms with Gasteiger partial charge < -0.3 is 30.0 Å². The second kappa shape index (κ2) is 11.2. The van der Waals surface area contributed by atoms with Crippen LogP contribution in [0.25, 0.3) is 0 Å². The summed E-state index contributed by atoms with van der Waals surface area (Å²) in [5, 5.41) is 14.0. The highest BCUT2D eigenvalue weighted by molar-refractivity contribution is 6.06. The smallest absolute Gasteiger partial charge is 0.328 e. The van der Waals surface area contributed by atoms with Crippen molar-refractivity contribution in [3.05, 3.63) is 54.1 Å². The first kappa shape index (κ1) is 23.3. The van der Waals surface area contributed by atoms with E-state index in [1.165, 1.54) is 19.2 Å². The van der Waals surface area contributed by atoms with Gasteiger partial charge in [0.1, 0.15) is 17.2 Å². The van der Waals surface area contributed by atoms with Crippen LogP contribution in [0.4, 0.5) is 11.4 Å². The van der Waals surface area contributed by atoms with Crippen molar-refractivity contribution in [2.75, 3.05) is 31.0 Å². The molecule has 0 unspecified atom stereocenters. The molecule has 2 amide bonds. The minimum absolute atomic E-state index is 0.271. The molecule has 0 radical (unpaired) electrons. The molecule has 0 aromatic heterocycles. The normalized spacial score (nSPS) is 10.4. The maximum Gasteiger partial charge on any atom is 0.328 e. The summed E-state index contributed by atoms with van der Waals surface area (Å²) in [7, 11) is 1.54. The lowest BCUT2D eigenvalue weighted by Crippen LogP contribution is -2.15. The van der Waals surface area contributed by atoms with E-state index < -0.39 is 11.9 Å². The van der Waals surface area contributed by atoms with E-state index in [-0.39, 0.29) is 17.3 Å². The number of carbonyl (C=O) groups is 3. The standard InChI is InChI=1S/C22H24N2O7/c1-4-30-18-13-17(24-22(28)14-6-8-15(29-3)9-7-14)19(31-5-2)12-16(18)23-20(25)10-11-21(26)27/h6-13H,4-5H2,1-3H3,(H,23,25)(H,24,28)(H,26,27). The van der Waals surface area contributed by atoms with E-state index in [2.05, 4.69) is 10.6 Å². The Hall–Kier alpha value is -4.01. The summed E-state index contributed by atoms with van der Waals surface area (Å²) >= 11 is 0. The first-order valence-electron chi connectivity index (χ1n) is 9.48. The summed E-state index contributed by atoms with van der Waals surface area (Å²) in [6, 6.07) is 9.64. The third kappa shape index (κ3) is 6.77. The van der Waals surface area contributed by atoms with Gasteiger partial charge in [0, 0.05) is 29.8 Å². The van der Waals surface area contributed by atoms with Gasteiger partial charge in [-0.05, 0) is 38.1 Å². The van der Waals surface area contributed by atoms with E-state index in [0.29, 0.717) is 36.0 Å². The number of ether oxygens (including phenoxy) is 3. The lowest BCUT2D eigenvalue weighted by atomic mass is 10.2. The Kier molecular flexibility index (Phi) is 8.44. The van der Waals surface area contributed by atoms with Crippen molar-refractivity contribution in [1.82, 2.24) is 0 Å². The van der Waals surface area contributed by atoms with Gasteiger partial charge in [0.2, 0.25) is 5.91 Å². The Bertz CT molecular complexity index is 969. The molecule has 0 fully saturated rings. The third-order valence-corrected chi connectivity index (χ3v) is 3.92. The minimum Gasteiger partial charge on any atom is -0.497 e. The molecule has 0 atom stereocenters. The molecule has 0 aliphatic heterocycles. The van der Waals surface area contributed by atoms with Crippen LogP contribution in [-0.4, -0.2) is 43.2 Å². The molecule has 0 saturated heterocycles. The fourth-order valence-corrected chi connectivity index (χ4v) is 2.56. The van der Waals surface area contributed by atoms with Crippen LogP contribution in [0.5, 0.6) is 17.2 Å². The maximum absolute atomic E-state index is 12.7. The first-order valence-corrected chi connectivity index (χ1v) is 9.48. The maximum atomic E-state index is 12.7. The van der Waals surface area contributed by atoms with Crippen molar-refractivity contribution < 1.29 is 33.7 Å². The van der Waals surface area contributed by atoms with E-state index in [1.54, 1.807) is 38.1 Å². The number of aliphatic carboxylic acids is 1. The molecule has 0 spiro atoms. The Balaban J connectivity index is 2.34. The fraction of sp³-hybridized carbons (Fsp3) is 0.227. The van der Waals surface area contributed by atoms with Crippen LogP contribution < -0.4 is 24.8 Å². The highest BCUT2D eigenvalue weighted by atomic mass is 16.5. The fourth-order valence-electron chi connectivity index (χ4n) is 2.56. The highest BCUT2D eigenvalue weighted by Crippen LogP contribution is 2.37. The molecule has 2 aromatic carbocycles. The molecule has 0 aliphatic carbocycles. The molecule has 0 aliphatic rings. The average Bonchev–Trinajstić information content (AvgIpc) is 2.75. The summed E-state index contributed by atoms with van der Waals surface area (Å²) in [5.74, 6) is -1.04. The van der Waals surface area contributed by atoms with Crippen molar-refractivity contribution in [3.63, 3.8) is 0 Å². The molecule has 31 heavy (non-hydrogen) atoms. The Morgan fingerprint density at radius 1 is 0.903 bits per heavy atom. The Labute approximate surface area is 179 Å². The lowest BCUT2D eigenvalue weighted by Gasteiger charge is -2.17. The zero-order valence-corrected chi connectivity index (χ0v) is 17.4. The zero-order chi connectivity index (χ0) is 22.8. The number of carboxylic acids is 1. The topological polar surface area (TPSA) is 123 Å². The quantitative estimate of drug-likeness (QED) is 0.496. The molecular formula is C22H24N2O7. The van der Waals surface area contributed by atoms with Crippen LogP contribution in [0.3, 0.4) is 0 Å². The predicted molar refractivity (Wildman–Crippen MR) is 115 cm³/mol. The molecule has 0 heterocycles. The summed E-state index contributed by atoms with van der Waals surface area (Å²) in [5.41, 5.74) is 1.04. The number of hydrogen-bond acceptors (Lipinski definition) is 6. The average molecular weight is 428 g/mol. The third-order valence-electron chi connectivity index (χ3n) is 3.92. The summed E-state index contributed by atoms with van der Waals surface area (Å²) in [4.78, 5) is 35.3. The zero-order valence-electron chi connectivity index (χ0n) is 17.4. The molecule has 0 bridgehead atoms. The number of anilines is 2. The number of nitrogens with one attached hydrogen (secondary N) is 2. The second-order valence-electron chi connectivity index (χ2n) is 6.05. The second-order valence-corrected chi connectivity index (χ2v) is 6.05. The molecule has 2 aromatic rings. The largest absolute Gasteiger partial charge is 0.497 e. The van der Waals surface area contributed by atoms with Crippen LogP contribution in [0.1, 0.15) is 24.2 Å². The van der Waals surface area contributed by atoms with Gasteiger partial charge in [-0.1, -0.05) is 0 Å². The van der Waals surface area contributed by atoms with Crippen LogP contribution in [0.2, 0.25) is 0 Å². The van der Waals surface area contributed by atoms with E-state index >= 15 is 0 Å². The van der Waals surface area contributed by atoms with Gasteiger partial charge in [-0.15, -0.1) is 0 Å². The number of rotatable bonds is 10. The molecule has 3 N–H and O–H groups in total.